The molecule has 8 nitrogen and oxygen atoms in total. The standard InChI is InChI=1S/C18H22N4O4/c1-18(2)11-22(10-12-5-6-13(24-3)9-14(12)26-18)17(23)21-15-7-8-19-16(20-15)25-4/h5-9H,10-11H2,1-4H3,(H,19,20,21,23). The molecule has 8 heteroatoms. The van der Waals surface area contributed by atoms with Crippen LogP contribution in [-0.4, -0.2) is 47.3 Å². The summed E-state index contributed by atoms with van der Waals surface area (Å²) in [6.45, 7) is 4.71. The SMILES string of the molecule is COc1ccc2c(c1)OC(C)(C)CN(C(=O)Nc1ccnc(OC)n1)C2. The van der Waals surface area contributed by atoms with Crippen LogP contribution in [0, 0.1) is 0 Å². The summed E-state index contributed by atoms with van der Waals surface area (Å²) in [5, 5.41) is 2.78. The number of anilines is 1. The molecule has 1 N–H and O–H groups in total. The average molecular weight is 358 g/mol. The number of carbonyl (C=O) groups is 1. The van der Waals surface area contributed by atoms with Crippen molar-refractivity contribution in [3.8, 4) is 17.5 Å². The molecule has 0 fully saturated rings. The van der Waals surface area contributed by atoms with Gasteiger partial charge in [0, 0.05) is 17.8 Å². The van der Waals surface area contributed by atoms with Gasteiger partial charge in [0.1, 0.15) is 22.9 Å². The van der Waals surface area contributed by atoms with Gasteiger partial charge >= 0.3 is 12.0 Å². The minimum Gasteiger partial charge on any atom is -0.497 e. The molecule has 0 saturated heterocycles. The van der Waals surface area contributed by atoms with E-state index in [2.05, 4.69) is 15.3 Å². The Hall–Kier alpha value is -3.03. The Balaban J connectivity index is 1.83. The number of urea groups is 1. The molecular weight excluding hydrogens is 336 g/mol. The van der Waals surface area contributed by atoms with Gasteiger partial charge < -0.3 is 19.1 Å². The number of benzene rings is 1. The second kappa shape index (κ2) is 7.07. The third-order valence-electron chi connectivity index (χ3n) is 3.93. The van der Waals surface area contributed by atoms with Crippen molar-refractivity contribution < 1.29 is 19.0 Å². The molecule has 0 unspecified atom stereocenters. The lowest BCUT2D eigenvalue weighted by Crippen LogP contribution is -2.44. The van der Waals surface area contributed by atoms with Gasteiger partial charge in [-0.2, -0.15) is 4.98 Å². The number of nitrogens with one attached hydrogen (secondary N) is 1. The van der Waals surface area contributed by atoms with E-state index in [4.69, 9.17) is 14.2 Å². The van der Waals surface area contributed by atoms with Crippen LogP contribution < -0.4 is 19.5 Å². The van der Waals surface area contributed by atoms with Crippen molar-refractivity contribution in [2.45, 2.75) is 26.0 Å². The van der Waals surface area contributed by atoms with E-state index in [1.807, 2.05) is 32.0 Å². The highest BCUT2D eigenvalue weighted by Crippen LogP contribution is 2.32. The number of hydrogen-bond acceptors (Lipinski definition) is 6. The Kier molecular flexibility index (Phi) is 4.83. The van der Waals surface area contributed by atoms with Crippen molar-refractivity contribution in [1.29, 1.82) is 0 Å². The Morgan fingerprint density at radius 3 is 2.81 bits per heavy atom. The molecule has 1 aromatic heterocycles. The summed E-state index contributed by atoms with van der Waals surface area (Å²) in [5.41, 5.74) is 0.352. The molecule has 0 atom stereocenters. The molecular formula is C18H22N4O4. The average Bonchev–Trinajstić information content (AvgIpc) is 2.75. The summed E-state index contributed by atoms with van der Waals surface area (Å²) in [4.78, 5) is 22.5. The lowest BCUT2D eigenvalue weighted by molar-refractivity contribution is 0.0832. The lowest BCUT2D eigenvalue weighted by atomic mass is 10.1. The van der Waals surface area contributed by atoms with Crippen molar-refractivity contribution >= 4 is 11.8 Å². The molecule has 0 bridgehead atoms. The normalized spacial score (nSPS) is 15.3. The van der Waals surface area contributed by atoms with Gasteiger partial charge in [-0.25, -0.2) is 9.78 Å². The summed E-state index contributed by atoms with van der Waals surface area (Å²) in [6.07, 6.45) is 1.53. The zero-order chi connectivity index (χ0) is 18.7. The summed E-state index contributed by atoms with van der Waals surface area (Å²) in [7, 11) is 3.08. The molecule has 0 radical (unpaired) electrons. The number of ether oxygens (including phenoxy) is 3. The van der Waals surface area contributed by atoms with Crippen LogP contribution >= 0.6 is 0 Å². The van der Waals surface area contributed by atoms with Gasteiger partial charge in [0.05, 0.1) is 27.3 Å². The minimum absolute atomic E-state index is 0.194. The van der Waals surface area contributed by atoms with Gasteiger partial charge in [-0.05, 0) is 32.0 Å². The molecule has 1 aromatic carbocycles. The number of hydrogen-bond donors (Lipinski definition) is 1. The van der Waals surface area contributed by atoms with E-state index < -0.39 is 5.60 Å². The highest BCUT2D eigenvalue weighted by atomic mass is 16.5. The molecule has 138 valence electrons. The van der Waals surface area contributed by atoms with Crippen molar-refractivity contribution in [2.24, 2.45) is 0 Å². The van der Waals surface area contributed by atoms with Crippen LogP contribution in [0.4, 0.5) is 10.6 Å². The van der Waals surface area contributed by atoms with Gasteiger partial charge in [-0.1, -0.05) is 0 Å². The maximum Gasteiger partial charge on any atom is 0.323 e. The minimum atomic E-state index is -0.557. The van der Waals surface area contributed by atoms with Gasteiger partial charge in [-0.15, -0.1) is 0 Å². The largest absolute Gasteiger partial charge is 0.497 e. The second-order valence-electron chi connectivity index (χ2n) is 6.55. The van der Waals surface area contributed by atoms with E-state index >= 15 is 0 Å². The number of fused-ring (bicyclic) bond motifs is 1. The topological polar surface area (TPSA) is 85.8 Å². The van der Waals surface area contributed by atoms with Crippen LogP contribution in [-0.2, 0) is 6.54 Å². The first-order chi connectivity index (χ1) is 12.4. The zero-order valence-corrected chi connectivity index (χ0v) is 15.3. The molecule has 3 rings (SSSR count). The summed E-state index contributed by atoms with van der Waals surface area (Å²) in [6, 6.07) is 7.13. The molecule has 2 amide bonds. The highest BCUT2D eigenvalue weighted by Gasteiger charge is 2.32. The first kappa shape index (κ1) is 17.8. The third-order valence-corrected chi connectivity index (χ3v) is 3.93. The van der Waals surface area contributed by atoms with E-state index in [9.17, 15) is 4.79 Å². The van der Waals surface area contributed by atoms with Crippen molar-refractivity contribution in [3.63, 3.8) is 0 Å². The molecule has 2 aromatic rings. The van der Waals surface area contributed by atoms with E-state index in [0.717, 1.165) is 5.56 Å². The number of amides is 2. The fourth-order valence-electron chi connectivity index (χ4n) is 2.78. The fourth-order valence-corrected chi connectivity index (χ4v) is 2.78. The highest BCUT2D eigenvalue weighted by molar-refractivity contribution is 5.88. The fraction of sp³-hybridized carbons (Fsp3) is 0.389. The van der Waals surface area contributed by atoms with Gasteiger partial charge in [0.25, 0.3) is 0 Å². The van der Waals surface area contributed by atoms with Crippen LogP contribution in [0.2, 0.25) is 0 Å². The van der Waals surface area contributed by atoms with Crippen LogP contribution in [0.15, 0.2) is 30.5 Å². The summed E-state index contributed by atoms with van der Waals surface area (Å²) in [5.74, 6) is 1.80. The van der Waals surface area contributed by atoms with Crippen LogP contribution in [0.5, 0.6) is 17.5 Å². The Morgan fingerprint density at radius 1 is 1.27 bits per heavy atom. The smallest absolute Gasteiger partial charge is 0.323 e. The van der Waals surface area contributed by atoms with Gasteiger partial charge in [0.2, 0.25) is 0 Å². The first-order valence-electron chi connectivity index (χ1n) is 8.19. The quantitative estimate of drug-likeness (QED) is 0.908. The zero-order valence-electron chi connectivity index (χ0n) is 15.3. The van der Waals surface area contributed by atoms with E-state index in [-0.39, 0.29) is 12.0 Å². The number of aromatic nitrogens is 2. The molecule has 0 aliphatic carbocycles. The van der Waals surface area contributed by atoms with Crippen LogP contribution in [0.1, 0.15) is 19.4 Å². The van der Waals surface area contributed by atoms with E-state index in [0.29, 0.717) is 30.4 Å². The van der Waals surface area contributed by atoms with Gasteiger partial charge in [0.15, 0.2) is 0 Å². The summed E-state index contributed by atoms with van der Waals surface area (Å²) < 4.78 is 16.4. The second-order valence-corrected chi connectivity index (χ2v) is 6.55. The van der Waals surface area contributed by atoms with Gasteiger partial charge in [-0.3, -0.25) is 5.32 Å². The number of nitrogens with zero attached hydrogens (tertiary/aromatic N) is 3. The van der Waals surface area contributed by atoms with Crippen LogP contribution in [0.25, 0.3) is 0 Å². The predicted molar refractivity (Wildman–Crippen MR) is 95.7 cm³/mol. The molecule has 0 saturated carbocycles. The van der Waals surface area contributed by atoms with Crippen molar-refractivity contribution in [1.82, 2.24) is 14.9 Å². The Labute approximate surface area is 152 Å². The predicted octanol–water partition coefficient (Wildman–Crippen LogP) is 2.70. The van der Waals surface area contributed by atoms with E-state index in [1.54, 1.807) is 18.1 Å². The first-order valence-corrected chi connectivity index (χ1v) is 8.19. The molecule has 26 heavy (non-hydrogen) atoms. The maximum atomic E-state index is 12.8. The van der Waals surface area contributed by atoms with Crippen LogP contribution in [0.3, 0.4) is 0 Å². The van der Waals surface area contributed by atoms with Crippen molar-refractivity contribution in [3.05, 3.63) is 36.0 Å². The molecule has 0 spiro atoms. The number of carbonyl (C=O) groups excluding carboxylic acids is 1. The summed E-state index contributed by atoms with van der Waals surface area (Å²) >= 11 is 0. The Morgan fingerprint density at radius 2 is 2.08 bits per heavy atom. The molecule has 1 aliphatic heterocycles. The monoisotopic (exact) mass is 358 g/mol. The van der Waals surface area contributed by atoms with E-state index in [1.165, 1.54) is 13.3 Å². The molecule has 2 heterocycles. The lowest BCUT2D eigenvalue weighted by Gasteiger charge is -2.29. The maximum absolute atomic E-state index is 12.8. The number of rotatable bonds is 3. The molecule has 1 aliphatic rings. The third kappa shape index (κ3) is 3.96. The number of methoxy groups -OCH3 is 2. The van der Waals surface area contributed by atoms with Crippen molar-refractivity contribution in [2.75, 3.05) is 26.1 Å². The Bertz CT molecular complexity index is 810.